The summed E-state index contributed by atoms with van der Waals surface area (Å²) >= 11 is 0. The number of hydrogen-bond donors (Lipinski definition) is 2. The molecule has 0 radical (unpaired) electrons. The predicted octanol–water partition coefficient (Wildman–Crippen LogP) is 4.03. The van der Waals surface area contributed by atoms with Crippen LogP contribution in [0.25, 0.3) is 22.2 Å². The van der Waals surface area contributed by atoms with Gasteiger partial charge in [0.2, 0.25) is 0 Å². The van der Waals surface area contributed by atoms with Gasteiger partial charge in [0, 0.05) is 23.5 Å². The molecule has 1 aliphatic carbocycles. The van der Waals surface area contributed by atoms with Gasteiger partial charge in [-0.25, -0.2) is 14.3 Å². The minimum absolute atomic E-state index is 0.153. The van der Waals surface area contributed by atoms with Crippen LogP contribution in [0.1, 0.15) is 18.9 Å². The summed E-state index contributed by atoms with van der Waals surface area (Å²) in [6, 6.07) is 21.0. The number of carbonyl (C=O) groups excluding carboxylic acids is 1. The highest BCUT2D eigenvalue weighted by Gasteiger charge is 2.30. The zero-order valence-electron chi connectivity index (χ0n) is 18.3. The van der Waals surface area contributed by atoms with Crippen LogP contribution in [-0.2, 0) is 6.54 Å². The van der Waals surface area contributed by atoms with Crippen LogP contribution in [0.2, 0.25) is 0 Å². The standard InChI is InChI=1S/C25H25N5O3/c1-33-20-13-9-18(10-14-20)23-28-29(25(32)30(23)19-11-12-19)16-15-26-24(31)27-22-8-4-6-17-5-2-3-7-21(17)22/h2-10,13-14,19H,11-12,15-16H2,1H3,(H2,26,27,31). The molecule has 1 aromatic heterocycles. The molecular formula is C25H25N5O3. The summed E-state index contributed by atoms with van der Waals surface area (Å²) in [7, 11) is 1.62. The third-order valence-corrected chi connectivity index (χ3v) is 5.78. The molecule has 0 saturated heterocycles. The molecule has 8 nitrogen and oxygen atoms in total. The molecule has 1 fully saturated rings. The van der Waals surface area contributed by atoms with Gasteiger partial charge in [-0.05, 0) is 48.6 Å². The Morgan fingerprint density at radius 1 is 1.06 bits per heavy atom. The molecule has 0 atom stereocenters. The van der Waals surface area contributed by atoms with E-state index >= 15 is 0 Å². The van der Waals surface area contributed by atoms with Crippen molar-refractivity contribution in [2.24, 2.45) is 0 Å². The summed E-state index contributed by atoms with van der Waals surface area (Å²) < 4.78 is 8.41. The lowest BCUT2D eigenvalue weighted by molar-refractivity contribution is 0.251. The van der Waals surface area contributed by atoms with Gasteiger partial charge in [-0.15, -0.1) is 5.10 Å². The molecule has 1 aliphatic rings. The molecule has 2 N–H and O–H groups in total. The predicted molar refractivity (Wildman–Crippen MR) is 128 cm³/mol. The van der Waals surface area contributed by atoms with Crippen molar-refractivity contribution in [3.05, 3.63) is 77.2 Å². The van der Waals surface area contributed by atoms with Gasteiger partial charge in [0.05, 0.1) is 19.3 Å². The molecule has 0 aliphatic heterocycles. The minimum atomic E-state index is -0.323. The quantitative estimate of drug-likeness (QED) is 0.451. The second-order valence-corrected chi connectivity index (χ2v) is 8.07. The molecule has 1 heterocycles. The number of hydrogen-bond acceptors (Lipinski definition) is 4. The Balaban J connectivity index is 1.28. The smallest absolute Gasteiger partial charge is 0.346 e. The van der Waals surface area contributed by atoms with Crippen LogP contribution in [-0.4, -0.2) is 34.0 Å². The first-order chi connectivity index (χ1) is 16.1. The fourth-order valence-corrected chi connectivity index (χ4v) is 3.94. The molecule has 168 valence electrons. The van der Waals surface area contributed by atoms with Gasteiger partial charge in [-0.3, -0.25) is 4.57 Å². The van der Waals surface area contributed by atoms with E-state index in [1.165, 1.54) is 4.68 Å². The number of benzene rings is 3. The van der Waals surface area contributed by atoms with Crippen LogP contribution in [0.3, 0.4) is 0 Å². The highest BCUT2D eigenvalue weighted by atomic mass is 16.5. The third-order valence-electron chi connectivity index (χ3n) is 5.78. The van der Waals surface area contributed by atoms with Crippen molar-refractivity contribution < 1.29 is 9.53 Å². The maximum Gasteiger partial charge on any atom is 0.346 e. The van der Waals surface area contributed by atoms with Crippen LogP contribution in [0.15, 0.2) is 71.5 Å². The number of ether oxygens (including phenoxy) is 1. The molecule has 2 amide bonds. The first-order valence-electron chi connectivity index (χ1n) is 11.0. The molecule has 1 saturated carbocycles. The first-order valence-corrected chi connectivity index (χ1v) is 11.0. The molecule has 3 aromatic carbocycles. The second kappa shape index (κ2) is 8.82. The van der Waals surface area contributed by atoms with Gasteiger partial charge in [-0.2, -0.15) is 0 Å². The lowest BCUT2D eigenvalue weighted by atomic mass is 10.1. The van der Waals surface area contributed by atoms with E-state index in [1.54, 1.807) is 11.7 Å². The van der Waals surface area contributed by atoms with Crippen molar-refractivity contribution in [1.29, 1.82) is 0 Å². The van der Waals surface area contributed by atoms with Crippen molar-refractivity contribution in [2.45, 2.75) is 25.4 Å². The molecule has 4 aromatic rings. The average Bonchev–Trinajstić information content (AvgIpc) is 3.63. The Bertz CT molecular complexity index is 1350. The summed E-state index contributed by atoms with van der Waals surface area (Å²) in [5.74, 6) is 1.39. The number of amides is 2. The van der Waals surface area contributed by atoms with E-state index in [0.717, 1.165) is 40.6 Å². The number of urea groups is 1. The summed E-state index contributed by atoms with van der Waals surface area (Å²) in [6.07, 6.45) is 1.95. The molecule has 0 unspecified atom stereocenters. The number of rotatable bonds is 7. The number of fused-ring (bicyclic) bond motifs is 1. The molecule has 8 heteroatoms. The van der Waals surface area contributed by atoms with E-state index in [9.17, 15) is 9.59 Å². The Morgan fingerprint density at radius 2 is 1.82 bits per heavy atom. The zero-order chi connectivity index (χ0) is 22.8. The maximum absolute atomic E-state index is 13.0. The summed E-state index contributed by atoms with van der Waals surface area (Å²) in [5.41, 5.74) is 1.45. The van der Waals surface area contributed by atoms with Gasteiger partial charge >= 0.3 is 11.7 Å². The number of nitrogens with zero attached hydrogens (tertiary/aromatic N) is 3. The maximum atomic E-state index is 13.0. The molecule has 0 spiro atoms. The molecule has 0 bridgehead atoms. The third kappa shape index (κ3) is 4.32. The highest BCUT2D eigenvalue weighted by molar-refractivity contribution is 6.01. The number of anilines is 1. The van der Waals surface area contributed by atoms with Crippen LogP contribution in [0.4, 0.5) is 10.5 Å². The highest BCUT2D eigenvalue weighted by Crippen LogP contribution is 2.36. The minimum Gasteiger partial charge on any atom is -0.497 e. The number of carbonyl (C=O) groups is 1. The van der Waals surface area contributed by atoms with Gasteiger partial charge in [-0.1, -0.05) is 36.4 Å². The van der Waals surface area contributed by atoms with E-state index in [4.69, 9.17) is 4.74 Å². The molecular weight excluding hydrogens is 418 g/mol. The largest absolute Gasteiger partial charge is 0.497 e. The second-order valence-electron chi connectivity index (χ2n) is 8.07. The number of methoxy groups -OCH3 is 1. The monoisotopic (exact) mass is 443 g/mol. The summed E-state index contributed by atoms with van der Waals surface area (Å²) in [5, 5.41) is 12.3. The van der Waals surface area contributed by atoms with E-state index < -0.39 is 0 Å². The lowest BCUT2D eigenvalue weighted by Gasteiger charge is -2.10. The normalized spacial score (nSPS) is 13.1. The van der Waals surface area contributed by atoms with Crippen molar-refractivity contribution in [3.8, 4) is 17.1 Å². The fraction of sp³-hybridized carbons (Fsp3) is 0.240. The van der Waals surface area contributed by atoms with Gasteiger partial charge in [0.25, 0.3) is 0 Å². The average molecular weight is 444 g/mol. The summed E-state index contributed by atoms with van der Waals surface area (Å²) in [6.45, 7) is 0.560. The summed E-state index contributed by atoms with van der Waals surface area (Å²) in [4.78, 5) is 25.4. The Hall–Kier alpha value is -4.07. The van der Waals surface area contributed by atoms with Crippen LogP contribution in [0, 0.1) is 0 Å². The topological polar surface area (TPSA) is 90.2 Å². The van der Waals surface area contributed by atoms with Crippen molar-refractivity contribution in [3.63, 3.8) is 0 Å². The van der Waals surface area contributed by atoms with E-state index in [2.05, 4.69) is 15.7 Å². The number of aromatic nitrogens is 3. The van der Waals surface area contributed by atoms with Crippen LogP contribution in [0.5, 0.6) is 5.75 Å². The van der Waals surface area contributed by atoms with Gasteiger partial charge in [0.15, 0.2) is 5.82 Å². The van der Waals surface area contributed by atoms with Crippen molar-refractivity contribution in [1.82, 2.24) is 19.7 Å². The molecule has 5 rings (SSSR count). The zero-order valence-corrected chi connectivity index (χ0v) is 18.3. The fourth-order valence-electron chi connectivity index (χ4n) is 3.94. The van der Waals surface area contributed by atoms with Crippen LogP contribution >= 0.6 is 0 Å². The SMILES string of the molecule is COc1ccc(-c2nn(CCNC(=O)Nc3cccc4ccccc34)c(=O)n2C2CC2)cc1. The lowest BCUT2D eigenvalue weighted by Crippen LogP contribution is -2.34. The Labute approximate surface area is 190 Å². The first kappa shape index (κ1) is 20.8. The number of nitrogens with one attached hydrogen (secondary N) is 2. The van der Waals surface area contributed by atoms with Crippen molar-refractivity contribution in [2.75, 3.05) is 19.0 Å². The molecule has 33 heavy (non-hydrogen) atoms. The Kier molecular flexibility index (Phi) is 5.56. The van der Waals surface area contributed by atoms with Crippen LogP contribution < -0.4 is 21.1 Å². The van der Waals surface area contributed by atoms with Crippen molar-refractivity contribution >= 4 is 22.5 Å². The van der Waals surface area contributed by atoms with E-state index in [-0.39, 0.29) is 30.9 Å². The van der Waals surface area contributed by atoms with Gasteiger partial charge < -0.3 is 15.4 Å². The Morgan fingerprint density at radius 3 is 2.58 bits per heavy atom. The van der Waals surface area contributed by atoms with E-state index in [1.807, 2.05) is 66.7 Å². The van der Waals surface area contributed by atoms with E-state index in [0.29, 0.717) is 5.82 Å². The van der Waals surface area contributed by atoms with Gasteiger partial charge in [0.1, 0.15) is 5.75 Å².